The summed E-state index contributed by atoms with van der Waals surface area (Å²) in [5.41, 5.74) is 0.673. The van der Waals surface area contributed by atoms with Crippen molar-refractivity contribution in [3.63, 3.8) is 0 Å². The molecule has 0 aliphatic heterocycles. The zero-order chi connectivity index (χ0) is 13.8. The second-order valence-corrected chi connectivity index (χ2v) is 4.38. The number of nitrogens with one attached hydrogen (secondary N) is 1. The monoisotopic (exact) mass is 296 g/mol. The number of rotatable bonds is 4. The molecule has 1 N–H and O–H groups in total. The van der Waals surface area contributed by atoms with E-state index in [1.807, 2.05) is 0 Å². The summed E-state index contributed by atoms with van der Waals surface area (Å²) in [6, 6.07) is 5.43. The minimum Gasteiger partial charge on any atom is -0.334 e. The Bertz CT molecular complexity index is 658. The molecule has 2 rings (SSSR count). The van der Waals surface area contributed by atoms with Gasteiger partial charge in [-0.15, -0.1) is 0 Å². The van der Waals surface area contributed by atoms with Crippen molar-refractivity contribution in [1.82, 2.24) is 9.97 Å². The molecule has 1 aromatic heterocycles. The summed E-state index contributed by atoms with van der Waals surface area (Å²) in [6.45, 7) is 0. The van der Waals surface area contributed by atoms with Gasteiger partial charge in [-0.2, -0.15) is 0 Å². The summed E-state index contributed by atoms with van der Waals surface area (Å²) in [4.78, 5) is 17.7. The van der Waals surface area contributed by atoms with E-state index in [9.17, 15) is 13.6 Å². The van der Waals surface area contributed by atoms with E-state index in [-0.39, 0.29) is 24.2 Å². The average molecular weight is 296 g/mol. The molecule has 6 heteroatoms. The van der Waals surface area contributed by atoms with E-state index < -0.39 is 17.6 Å². The number of hydrogen-bond acceptors (Lipinski definition) is 3. The third-order valence-electron chi connectivity index (χ3n) is 2.72. The van der Waals surface area contributed by atoms with Crippen molar-refractivity contribution < 1.29 is 13.6 Å². The smallest absolute Gasteiger partial charge is 0.196 e. The van der Waals surface area contributed by atoms with Crippen molar-refractivity contribution in [3.8, 4) is 0 Å². The molecule has 1 atom stereocenters. The highest BCUT2D eigenvalue weighted by molar-refractivity contribution is 7.71. The Morgan fingerprint density at radius 1 is 1.35 bits per heavy atom. The van der Waals surface area contributed by atoms with Crippen molar-refractivity contribution in [1.29, 1.82) is 0 Å². The molecule has 0 saturated carbocycles. The van der Waals surface area contributed by atoms with Crippen LogP contribution < -0.4 is 0 Å². The number of carbonyl (C=O) groups is 1. The first-order valence-electron chi connectivity index (χ1n) is 5.55. The number of aromatic nitrogens is 2. The Morgan fingerprint density at radius 2 is 2.10 bits per heavy atom. The van der Waals surface area contributed by atoms with Crippen molar-refractivity contribution in [3.05, 3.63) is 58.1 Å². The molecule has 0 aliphatic carbocycles. The molecule has 20 heavy (non-hydrogen) atoms. The quantitative estimate of drug-likeness (QED) is 0.693. The van der Waals surface area contributed by atoms with Crippen LogP contribution in [0.2, 0.25) is 0 Å². The summed E-state index contributed by atoms with van der Waals surface area (Å²) >= 11 is 4.86. The molecule has 1 aromatic carbocycles. The maximum Gasteiger partial charge on any atom is 0.196 e. The summed E-state index contributed by atoms with van der Waals surface area (Å²) in [6.07, 6.45) is 2.29. The molecule has 1 unspecified atom stereocenters. The Balaban J connectivity index is 0.00000200. The Kier molecular flexibility index (Phi) is 5.64. The molecule has 3 nitrogen and oxygen atoms in total. The second-order valence-electron chi connectivity index (χ2n) is 3.99. The third-order valence-corrected chi connectivity index (χ3v) is 2.93. The number of hydrogen-bond donors (Lipinski definition) is 1. The van der Waals surface area contributed by atoms with E-state index in [2.05, 4.69) is 9.97 Å². The normalized spacial score (nSPS) is 11.5. The average Bonchev–Trinajstić information content (AvgIpc) is 2.40. The molecule has 0 saturated heterocycles. The van der Waals surface area contributed by atoms with E-state index in [4.69, 9.17) is 12.2 Å². The number of aldehydes is 1. The van der Waals surface area contributed by atoms with E-state index in [0.29, 0.717) is 12.0 Å². The number of benzene rings is 1. The van der Waals surface area contributed by atoms with Crippen molar-refractivity contribution >= 4 is 18.5 Å². The Labute approximate surface area is 120 Å². The molecule has 0 radical (unpaired) electrons. The number of nitrogens with zero attached hydrogens (tertiary/aromatic N) is 1. The zero-order valence-electron chi connectivity index (χ0n) is 9.77. The van der Waals surface area contributed by atoms with Gasteiger partial charge in [-0.25, -0.2) is 13.8 Å². The zero-order valence-corrected chi connectivity index (χ0v) is 10.6. The van der Waals surface area contributed by atoms with Gasteiger partial charge in [-0.05, 0) is 24.4 Å². The molecule has 0 aliphatic rings. The van der Waals surface area contributed by atoms with Crippen LogP contribution in [0.15, 0.2) is 30.5 Å². The van der Waals surface area contributed by atoms with Gasteiger partial charge >= 0.3 is 0 Å². The summed E-state index contributed by atoms with van der Waals surface area (Å²) < 4.78 is 27.1. The molecule has 0 amide bonds. The van der Waals surface area contributed by atoms with Crippen LogP contribution in [0.4, 0.5) is 8.78 Å². The van der Waals surface area contributed by atoms with Crippen LogP contribution >= 0.6 is 12.2 Å². The molecule has 0 bridgehead atoms. The van der Waals surface area contributed by atoms with E-state index in [0.717, 1.165) is 6.07 Å². The van der Waals surface area contributed by atoms with Gasteiger partial charge in [-0.1, -0.05) is 19.6 Å². The van der Waals surface area contributed by atoms with Crippen molar-refractivity contribution in [2.75, 3.05) is 0 Å². The topological polar surface area (TPSA) is 45.8 Å². The van der Waals surface area contributed by atoms with Crippen LogP contribution in [0.1, 0.15) is 24.6 Å². The Hall–Kier alpha value is -1.95. The molecule has 0 fully saturated rings. The van der Waals surface area contributed by atoms with Gasteiger partial charge in [0.05, 0.1) is 0 Å². The van der Waals surface area contributed by atoms with Gasteiger partial charge in [-0.3, -0.25) is 0 Å². The van der Waals surface area contributed by atoms with Crippen molar-refractivity contribution in [2.24, 2.45) is 0 Å². The molecule has 1 heterocycles. The van der Waals surface area contributed by atoms with Crippen LogP contribution in [0.3, 0.4) is 0 Å². The van der Waals surface area contributed by atoms with E-state index in [1.54, 1.807) is 6.07 Å². The first-order valence-corrected chi connectivity index (χ1v) is 5.96. The number of carbonyl (C=O) groups excluding carboxylic acids is 1. The molecule has 106 valence electrons. The number of halogens is 2. The van der Waals surface area contributed by atoms with Gasteiger partial charge in [0.15, 0.2) is 16.4 Å². The molecular weight excluding hydrogens is 282 g/mol. The summed E-state index contributed by atoms with van der Waals surface area (Å²) in [7, 11) is 0. The van der Waals surface area contributed by atoms with Gasteiger partial charge in [0.25, 0.3) is 0 Å². The Morgan fingerprint density at radius 3 is 2.75 bits per heavy atom. The standard InChI is InChI=1S/C13H10F2N2OS.CH4/c14-11-3-1-2-10(12(11)15)8(7-18)6-9-4-5-16-13(19)17-9;/h1-5,7-8H,6H2,(H,16,17,19);1H4. The molecular formula is C14H14F2N2OS. The lowest BCUT2D eigenvalue weighted by Gasteiger charge is -2.11. The first-order chi connectivity index (χ1) is 9.11. The van der Waals surface area contributed by atoms with Gasteiger partial charge < -0.3 is 9.78 Å². The highest BCUT2D eigenvalue weighted by atomic mass is 32.1. The van der Waals surface area contributed by atoms with Crippen LogP contribution in [-0.2, 0) is 11.2 Å². The molecule has 2 aromatic rings. The minimum atomic E-state index is -0.993. The highest BCUT2D eigenvalue weighted by Crippen LogP contribution is 2.22. The molecule has 0 spiro atoms. The fraction of sp³-hybridized carbons (Fsp3) is 0.214. The van der Waals surface area contributed by atoms with E-state index >= 15 is 0 Å². The maximum atomic E-state index is 13.6. The lowest BCUT2D eigenvalue weighted by molar-refractivity contribution is -0.109. The summed E-state index contributed by atoms with van der Waals surface area (Å²) in [5, 5.41) is 0. The second kappa shape index (κ2) is 7.00. The van der Waals surface area contributed by atoms with Crippen LogP contribution in [0.5, 0.6) is 0 Å². The highest BCUT2D eigenvalue weighted by Gasteiger charge is 2.18. The van der Waals surface area contributed by atoms with Gasteiger partial charge in [0.2, 0.25) is 0 Å². The third kappa shape index (κ3) is 3.54. The van der Waals surface area contributed by atoms with Crippen LogP contribution in [-0.4, -0.2) is 16.3 Å². The lowest BCUT2D eigenvalue weighted by atomic mass is 9.95. The summed E-state index contributed by atoms with van der Waals surface area (Å²) in [5.74, 6) is -2.73. The predicted molar refractivity (Wildman–Crippen MR) is 75.0 cm³/mol. The van der Waals surface area contributed by atoms with Crippen LogP contribution in [0.25, 0.3) is 0 Å². The number of H-pyrrole nitrogens is 1. The van der Waals surface area contributed by atoms with Crippen molar-refractivity contribution in [2.45, 2.75) is 19.8 Å². The fourth-order valence-corrected chi connectivity index (χ4v) is 1.99. The lowest BCUT2D eigenvalue weighted by Crippen LogP contribution is -2.09. The largest absolute Gasteiger partial charge is 0.334 e. The van der Waals surface area contributed by atoms with Gasteiger partial charge in [0.1, 0.15) is 6.29 Å². The van der Waals surface area contributed by atoms with E-state index in [1.165, 1.54) is 18.3 Å². The predicted octanol–water partition coefficient (Wildman–Crippen LogP) is 3.58. The minimum absolute atomic E-state index is 0. The van der Waals surface area contributed by atoms with Gasteiger partial charge in [0, 0.05) is 29.8 Å². The van der Waals surface area contributed by atoms with Crippen LogP contribution in [0, 0.1) is 16.4 Å². The first kappa shape index (κ1) is 16.1. The maximum absolute atomic E-state index is 13.6. The number of aromatic amines is 1. The SMILES string of the molecule is C.O=CC(Cc1ccnc(=S)[nH]1)c1cccc(F)c1F. The fourth-order valence-electron chi connectivity index (χ4n) is 1.80.